The van der Waals surface area contributed by atoms with Crippen molar-refractivity contribution < 1.29 is 30.4 Å². The molecule has 1 aromatic carbocycles. The molecule has 0 bridgehead atoms. The Bertz CT molecular complexity index is 1040. The number of anilines is 1. The molecule has 2 aliphatic rings. The van der Waals surface area contributed by atoms with Crippen LogP contribution in [0.25, 0.3) is 0 Å². The standard InChI is InChI=1S/C19H18F5N3O2S/c20-15-2-3-16(21)13(7-15)11-30(28,29)27-6-5-12-9-26(10-17(12)27)18-4-1-14(8-25-18)19(22,23)24/h1-4,7-8,12,17H,5-6,9-11H2. The second kappa shape index (κ2) is 7.45. The molecule has 2 saturated heterocycles. The quantitative estimate of drug-likeness (QED) is 0.675. The fourth-order valence-corrected chi connectivity index (χ4v) is 5.94. The van der Waals surface area contributed by atoms with Crippen LogP contribution in [0.15, 0.2) is 36.5 Å². The average molecular weight is 447 g/mol. The van der Waals surface area contributed by atoms with Crippen molar-refractivity contribution in [2.24, 2.45) is 5.92 Å². The van der Waals surface area contributed by atoms with Crippen molar-refractivity contribution in [3.8, 4) is 0 Å². The maximum absolute atomic E-state index is 13.9. The number of sulfonamides is 1. The first kappa shape index (κ1) is 21.0. The van der Waals surface area contributed by atoms with Gasteiger partial charge in [-0.05, 0) is 42.7 Å². The van der Waals surface area contributed by atoms with Crippen molar-refractivity contribution in [1.29, 1.82) is 0 Å². The summed E-state index contributed by atoms with van der Waals surface area (Å²) in [6.45, 7) is 1.00. The van der Waals surface area contributed by atoms with Crippen LogP contribution in [0.3, 0.4) is 0 Å². The topological polar surface area (TPSA) is 53.5 Å². The number of halogens is 5. The van der Waals surface area contributed by atoms with Crippen LogP contribution >= 0.6 is 0 Å². The lowest BCUT2D eigenvalue weighted by atomic mass is 10.1. The molecule has 11 heteroatoms. The number of aromatic nitrogens is 1. The zero-order chi connectivity index (χ0) is 21.7. The van der Waals surface area contributed by atoms with E-state index in [9.17, 15) is 30.4 Å². The first-order valence-electron chi connectivity index (χ1n) is 9.26. The summed E-state index contributed by atoms with van der Waals surface area (Å²) >= 11 is 0. The van der Waals surface area contributed by atoms with E-state index in [4.69, 9.17) is 0 Å². The number of pyridine rings is 1. The van der Waals surface area contributed by atoms with E-state index in [1.54, 1.807) is 4.90 Å². The highest BCUT2D eigenvalue weighted by atomic mass is 32.2. The Balaban J connectivity index is 1.50. The van der Waals surface area contributed by atoms with Gasteiger partial charge in [-0.2, -0.15) is 17.5 Å². The Labute approximate surface area is 170 Å². The normalized spacial score (nSPS) is 22.5. The minimum Gasteiger partial charge on any atom is -0.355 e. The highest BCUT2D eigenvalue weighted by Gasteiger charge is 2.46. The Morgan fingerprint density at radius 1 is 1.10 bits per heavy atom. The third kappa shape index (κ3) is 4.00. The first-order chi connectivity index (χ1) is 14.0. The van der Waals surface area contributed by atoms with Gasteiger partial charge in [-0.15, -0.1) is 0 Å². The van der Waals surface area contributed by atoms with Crippen LogP contribution in [0.5, 0.6) is 0 Å². The van der Waals surface area contributed by atoms with Crippen LogP contribution in [0.4, 0.5) is 27.8 Å². The van der Waals surface area contributed by atoms with E-state index in [1.807, 2.05) is 0 Å². The maximum atomic E-state index is 13.9. The lowest BCUT2D eigenvalue weighted by molar-refractivity contribution is -0.137. The van der Waals surface area contributed by atoms with Crippen molar-refractivity contribution in [3.05, 3.63) is 59.3 Å². The molecule has 0 saturated carbocycles. The minimum atomic E-state index is -4.48. The van der Waals surface area contributed by atoms with Crippen LogP contribution in [0.1, 0.15) is 17.5 Å². The van der Waals surface area contributed by atoms with Gasteiger partial charge in [-0.25, -0.2) is 22.2 Å². The smallest absolute Gasteiger partial charge is 0.355 e. The fourth-order valence-electron chi connectivity index (χ4n) is 4.13. The monoisotopic (exact) mass is 447 g/mol. The molecule has 0 radical (unpaired) electrons. The van der Waals surface area contributed by atoms with E-state index in [-0.39, 0.29) is 24.6 Å². The highest BCUT2D eigenvalue weighted by Crippen LogP contribution is 2.37. The number of benzene rings is 1. The van der Waals surface area contributed by atoms with Crippen LogP contribution in [0.2, 0.25) is 0 Å². The molecule has 2 fully saturated rings. The van der Waals surface area contributed by atoms with Crippen LogP contribution in [-0.2, 0) is 22.0 Å². The molecule has 2 atom stereocenters. The van der Waals surface area contributed by atoms with E-state index in [1.165, 1.54) is 10.4 Å². The van der Waals surface area contributed by atoms with Crippen molar-refractivity contribution in [2.75, 3.05) is 24.5 Å². The fraction of sp³-hybridized carbons (Fsp3) is 0.421. The summed E-state index contributed by atoms with van der Waals surface area (Å²) in [7, 11) is -3.91. The van der Waals surface area contributed by atoms with E-state index in [0.29, 0.717) is 18.8 Å². The van der Waals surface area contributed by atoms with Crippen LogP contribution in [-0.4, -0.2) is 43.4 Å². The number of hydrogen-bond acceptors (Lipinski definition) is 4. The van der Waals surface area contributed by atoms with E-state index < -0.39 is 45.2 Å². The van der Waals surface area contributed by atoms with Gasteiger partial charge >= 0.3 is 6.18 Å². The van der Waals surface area contributed by atoms with Crippen molar-refractivity contribution >= 4 is 15.8 Å². The third-order valence-corrected chi connectivity index (χ3v) is 7.44. The zero-order valence-corrected chi connectivity index (χ0v) is 16.4. The minimum absolute atomic E-state index is 0.0128. The summed E-state index contributed by atoms with van der Waals surface area (Å²) in [4.78, 5) is 5.63. The second-order valence-corrected chi connectivity index (χ2v) is 9.45. The Kier molecular flexibility index (Phi) is 5.21. The second-order valence-electron chi connectivity index (χ2n) is 7.53. The van der Waals surface area contributed by atoms with Crippen LogP contribution < -0.4 is 4.90 Å². The molecule has 30 heavy (non-hydrogen) atoms. The predicted molar refractivity (Wildman–Crippen MR) is 99.0 cm³/mol. The lowest BCUT2D eigenvalue weighted by Gasteiger charge is -2.25. The van der Waals surface area contributed by atoms with Gasteiger partial charge in [0.25, 0.3) is 0 Å². The Hall–Kier alpha value is -2.27. The summed E-state index contributed by atoms with van der Waals surface area (Å²) in [6, 6.07) is 4.50. The van der Waals surface area contributed by atoms with Crippen molar-refractivity contribution in [1.82, 2.24) is 9.29 Å². The summed E-state index contributed by atoms with van der Waals surface area (Å²) in [5, 5.41) is 0. The van der Waals surface area contributed by atoms with Gasteiger partial charge in [0.05, 0.1) is 11.3 Å². The molecule has 5 nitrogen and oxygen atoms in total. The SMILES string of the molecule is O=S(=O)(Cc1cc(F)ccc1F)N1CCC2CN(c3ccc(C(F)(F)F)cn3)CC21. The van der Waals surface area contributed by atoms with Gasteiger partial charge in [0.2, 0.25) is 10.0 Å². The number of rotatable bonds is 4. The molecular formula is C19H18F5N3O2S. The van der Waals surface area contributed by atoms with Gasteiger partial charge in [-0.3, -0.25) is 0 Å². The summed E-state index contributed by atoms with van der Waals surface area (Å²) < 4.78 is 92.5. The largest absolute Gasteiger partial charge is 0.417 e. The van der Waals surface area contributed by atoms with Crippen molar-refractivity contribution in [3.63, 3.8) is 0 Å². The zero-order valence-electron chi connectivity index (χ0n) is 15.6. The van der Waals surface area contributed by atoms with Gasteiger partial charge in [-0.1, -0.05) is 0 Å². The molecule has 3 heterocycles. The van der Waals surface area contributed by atoms with E-state index in [2.05, 4.69) is 4.98 Å². The van der Waals surface area contributed by atoms with Crippen LogP contribution in [0, 0.1) is 17.6 Å². The van der Waals surface area contributed by atoms with E-state index in [0.717, 1.165) is 30.5 Å². The average Bonchev–Trinajstić information content (AvgIpc) is 3.24. The highest BCUT2D eigenvalue weighted by molar-refractivity contribution is 7.88. The molecule has 162 valence electrons. The maximum Gasteiger partial charge on any atom is 0.417 e. The molecule has 4 rings (SSSR count). The van der Waals surface area contributed by atoms with Gasteiger partial charge in [0, 0.05) is 37.4 Å². The van der Waals surface area contributed by atoms with Crippen molar-refractivity contribution in [2.45, 2.75) is 24.4 Å². The molecule has 0 spiro atoms. The molecule has 2 aliphatic heterocycles. The molecule has 0 aliphatic carbocycles. The lowest BCUT2D eigenvalue weighted by Crippen LogP contribution is -2.40. The Morgan fingerprint density at radius 2 is 1.87 bits per heavy atom. The number of fused-ring (bicyclic) bond motifs is 1. The van der Waals surface area contributed by atoms with E-state index >= 15 is 0 Å². The summed E-state index contributed by atoms with van der Waals surface area (Å²) in [5.74, 6) is -1.84. The van der Waals surface area contributed by atoms with Gasteiger partial charge in [0.1, 0.15) is 17.5 Å². The first-order valence-corrected chi connectivity index (χ1v) is 10.9. The Morgan fingerprint density at radius 3 is 2.53 bits per heavy atom. The molecule has 2 unspecified atom stereocenters. The number of alkyl halides is 3. The van der Waals surface area contributed by atoms with Gasteiger partial charge < -0.3 is 4.90 Å². The number of hydrogen-bond donors (Lipinski definition) is 0. The van der Waals surface area contributed by atoms with Gasteiger partial charge in [0.15, 0.2) is 0 Å². The molecule has 1 aromatic heterocycles. The summed E-state index contributed by atoms with van der Waals surface area (Å²) in [6.07, 6.45) is -3.15. The number of nitrogens with zero attached hydrogens (tertiary/aromatic N) is 3. The third-order valence-electron chi connectivity index (χ3n) is 5.60. The molecular weight excluding hydrogens is 429 g/mol. The molecule has 2 aromatic rings. The predicted octanol–water partition coefficient (Wildman–Crippen LogP) is 3.42. The summed E-state index contributed by atoms with van der Waals surface area (Å²) in [5.41, 5.74) is -1.09. The molecule has 0 N–H and O–H groups in total. The molecule has 0 amide bonds.